The number of alkyl halides is 2. The van der Waals surface area contributed by atoms with Crippen LogP contribution in [0.1, 0.15) is 10.4 Å². The molecule has 3 rings (SSSR count). The zero-order valence-corrected chi connectivity index (χ0v) is 16.0. The summed E-state index contributed by atoms with van der Waals surface area (Å²) < 4.78 is 28.7. The quantitative estimate of drug-likeness (QED) is 0.478. The molecular weight excluding hydrogens is 380 g/mol. The maximum Gasteiger partial charge on any atom is 0.387 e. The number of likely N-dealkylation sites (N-methyl/N-ethyl adjacent to an activating group) is 1. The van der Waals surface area contributed by atoms with Crippen LogP contribution < -0.4 is 4.74 Å². The zero-order chi connectivity index (χ0) is 19.9. The van der Waals surface area contributed by atoms with Crippen molar-refractivity contribution in [2.75, 3.05) is 7.05 Å². The minimum absolute atomic E-state index is 0.0968. The molecule has 0 aliphatic rings. The minimum Gasteiger partial charge on any atom is -0.435 e. The van der Waals surface area contributed by atoms with Gasteiger partial charge < -0.3 is 9.64 Å². The summed E-state index contributed by atoms with van der Waals surface area (Å²) in [6.07, 6.45) is 3.34. The number of ether oxygens (including phenoxy) is 1. The number of benzene rings is 2. The second-order valence-corrected chi connectivity index (χ2v) is 7.23. The molecule has 0 bridgehead atoms. The average molecular weight is 399 g/mol. The molecule has 0 aliphatic carbocycles. The number of rotatable bonds is 7. The fourth-order valence-electron chi connectivity index (χ4n) is 2.61. The van der Waals surface area contributed by atoms with Crippen LogP contribution in [-0.2, 0) is 11.3 Å². The Labute approximate surface area is 166 Å². The summed E-state index contributed by atoms with van der Waals surface area (Å²) in [6.45, 7) is -2.47. The number of carbonyl (C=O) groups is 1. The van der Waals surface area contributed by atoms with E-state index in [0.29, 0.717) is 6.54 Å². The van der Waals surface area contributed by atoms with Crippen molar-refractivity contribution in [1.82, 2.24) is 4.90 Å². The van der Waals surface area contributed by atoms with Crippen molar-refractivity contribution in [1.29, 1.82) is 0 Å². The lowest BCUT2D eigenvalue weighted by molar-refractivity contribution is -0.125. The predicted molar refractivity (Wildman–Crippen MR) is 108 cm³/mol. The fraction of sp³-hybridized carbons (Fsp3) is 0.136. The Morgan fingerprint density at radius 2 is 1.79 bits per heavy atom. The fourth-order valence-corrected chi connectivity index (χ4v) is 3.52. The highest BCUT2D eigenvalue weighted by Gasteiger charge is 2.08. The van der Waals surface area contributed by atoms with Gasteiger partial charge in [0, 0.05) is 29.4 Å². The summed E-state index contributed by atoms with van der Waals surface area (Å²) in [5.41, 5.74) is 1.98. The molecule has 6 heteroatoms. The van der Waals surface area contributed by atoms with Crippen molar-refractivity contribution in [2.45, 2.75) is 13.2 Å². The van der Waals surface area contributed by atoms with Gasteiger partial charge in [-0.25, -0.2) is 0 Å². The number of nitrogens with zero attached hydrogens (tertiary/aromatic N) is 1. The first-order valence-corrected chi connectivity index (χ1v) is 9.45. The summed E-state index contributed by atoms with van der Waals surface area (Å²) in [6, 6.07) is 20.4. The van der Waals surface area contributed by atoms with E-state index in [9.17, 15) is 13.6 Å². The van der Waals surface area contributed by atoms with Gasteiger partial charge in [-0.3, -0.25) is 4.79 Å². The normalized spacial score (nSPS) is 11.1. The molecule has 28 heavy (non-hydrogen) atoms. The van der Waals surface area contributed by atoms with E-state index in [4.69, 9.17) is 0 Å². The van der Waals surface area contributed by atoms with Crippen LogP contribution in [0, 0.1) is 0 Å². The van der Waals surface area contributed by atoms with Gasteiger partial charge in [-0.1, -0.05) is 42.5 Å². The largest absolute Gasteiger partial charge is 0.435 e. The summed E-state index contributed by atoms with van der Waals surface area (Å²) in [4.78, 5) is 16.0. The third-order valence-corrected chi connectivity index (χ3v) is 5.12. The van der Waals surface area contributed by atoms with Gasteiger partial charge in [0.25, 0.3) is 0 Å². The Balaban J connectivity index is 1.57. The molecule has 0 saturated carbocycles. The molecule has 144 valence electrons. The van der Waals surface area contributed by atoms with Crippen LogP contribution in [0.3, 0.4) is 0 Å². The molecule has 3 nitrogen and oxygen atoms in total. The number of hydrogen-bond acceptors (Lipinski definition) is 3. The Kier molecular flexibility index (Phi) is 6.55. The highest BCUT2D eigenvalue weighted by atomic mass is 32.1. The van der Waals surface area contributed by atoms with Crippen molar-refractivity contribution in [2.24, 2.45) is 0 Å². The third kappa shape index (κ3) is 5.50. The molecule has 2 aromatic carbocycles. The van der Waals surface area contributed by atoms with Crippen molar-refractivity contribution in [3.8, 4) is 16.2 Å². The van der Waals surface area contributed by atoms with Gasteiger partial charge in [-0.2, -0.15) is 8.78 Å². The van der Waals surface area contributed by atoms with E-state index in [1.165, 1.54) is 18.2 Å². The van der Waals surface area contributed by atoms with Crippen LogP contribution in [0.5, 0.6) is 5.75 Å². The van der Waals surface area contributed by atoms with Gasteiger partial charge in [0.15, 0.2) is 0 Å². The first-order valence-electron chi connectivity index (χ1n) is 8.63. The topological polar surface area (TPSA) is 29.5 Å². The van der Waals surface area contributed by atoms with E-state index >= 15 is 0 Å². The van der Waals surface area contributed by atoms with E-state index in [1.807, 2.05) is 30.3 Å². The van der Waals surface area contributed by atoms with Crippen molar-refractivity contribution in [3.05, 3.63) is 83.2 Å². The van der Waals surface area contributed by atoms with E-state index in [2.05, 4.69) is 16.9 Å². The third-order valence-electron chi connectivity index (χ3n) is 4.02. The van der Waals surface area contributed by atoms with Crippen molar-refractivity contribution < 1.29 is 18.3 Å². The van der Waals surface area contributed by atoms with Crippen LogP contribution in [0.25, 0.3) is 16.5 Å². The molecular formula is C22H19F2NO2S. The standard InChI is InChI=1S/C22H19F2NO2S/c1-25(15-16-7-9-18(10-8-16)27-22(23)24)21(26)14-12-19-11-13-20(28-19)17-5-3-2-4-6-17/h2-14,22H,15H2,1H3/b14-12+. The molecule has 0 fully saturated rings. The number of thiophene rings is 1. The first kappa shape index (κ1) is 19.8. The van der Waals surface area contributed by atoms with Gasteiger partial charge in [-0.15, -0.1) is 11.3 Å². The van der Waals surface area contributed by atoms with E-state index < -0.39 is 6.61 Å². The van der Waals surface area contributed by atoms with Crippen molar-refractivity contribution >= 4 is 23.3 Å². The molecule has 3 aromatic rings. The molecule has 0 aliphatic heterocycles. The Morgan fingerprint density at radius 3 is 2.46 bits per heavy atom. The van der Waals surface area contributed by atoms with Crippen LogP contribution in [0.15, 0.2) is 72.8 Å². The predicted octanol–water partition coefficient (Wildman–Crippen LogP) is 5.69. The van der Waals surface area contributed by atoms with E-state index in [1.54, 1.807) is 41.5 Å². The van der Waals surface area contributed by atoms with Gasteiger partial charge >= 0.3 is 6.61 Å². The Hall–Kier alpha value is -2.99. The molecule has 0 N–H and O–H groups in total. The summed E-state index contributed by atoms with van der Waals surface area (Å²) in [5, 5.41) is 0. The monoisotopic (exact) mass is 399 g/mol. The molecule has 0 unspecified atom stereocenters. The Bertz CT molecular complexity index is 937. The van der Waals surface area contributed by atoms with Crippen LogP contribution in [0.4, 0.5) is 8.78 Å². The van der Waals surface area contributed by atoms with Crippen LogP contribution in [0.2, 0.25) is 0 Å². The number of hydrogen-bond donors (Lipinski definition) is 0. The van der Waals surface area contributed by atoms with Gasteiger partial charge in [-0.05, 0) is 41.5 Å². The summed E-state index contributed by atoms with van der Waals surface area (Å²) >= 11 is 1.62. The second-order valence-electron chi connectivity index (χ2n) is 6.12. The lowest BCUT2D eigenvalue weighted by Gasteiger charge is -2.15. The highest BCUT2D eigenvalue weighted by Crippen LogP contribution is 2.28. The lowest BCUT2D eigenvalue weighted by Crippen LogP contribution is -2.24. The van der Waals surface area contributed by atoms with E-state index in [-0.39, 0.29) is 11.7 Å². The molecule has 1 aromatic heterocycles. The number of amides is 1. The Morgan fingerprint density at radius 1 is 1.07 bits per heavy atom. The number of carbonyl (C=O) groups excluding carboxylic acids is 1. The SMILES string of the molecule is CN(Cc1ccc(OC(F)F)cc1)C(=O)/C=C/c1ccc(-c2ccccc2)s1. The summed E-state index contributed by atoms with van der Waals surface area (Å²) in [5.74, 6) is -0.0397. The first-order chi connectivity index (χ1) is 13.5. The van der Waals surface area contributed by atoms with Crippen LogP contribution >= 0.6 is 11.3 Å². The van der Waals surface area contributed by atoms with Crippen molar-refractivity contribution in [3.63, 3.8) is 0 Å². The summed E-state index contributed by atoms with van der Waals surface area (Å²) in [7, 11) is 1.69. The smallest absolute Gasteiger partial charge is 0.387 e. The second kappa shape index (κ2) is 9.28. The molecule has 0 radical (unpaired) electrons. The maximum atomic E-state index is 12.3. The van der Waals surface area contributed by atoms with Crippen LogP contribution in [-0.4, -0.2) is 24.5 Å². The average Bonchev–Trinajstić information content (AvgIpc) is 3.17. The van der Waals surface area contributed by atoms with Gasteiger partial charge in [0.05, 0.1) is 0 Å². The number of halogens is 2. The molecule has 0 saturated heterocycles. The maximum absolute atomic E-state index is 12.3. The van der Waals surface area contributed by atoms with Gasteiger partial charge in [0.1, 0.15) is 5.75 Å². The van der Waals surface area contributed by atoms with E-state index in [0.717, 1.165) is 20.9 Å². The lowest BCUT2D eigenvalue weighted by atomic mass is 10.2. The molecule has 0 atom stereocenters. The minimum atomic E-state index is -2.85. The molecule has 1 heterocycles. The molecule has 1 amide bonds. The van der Waals surface area contributed by atoms with Gasteiger partial charge in [0.2, 0.25) is 5.91 Å². The zero-order valence-electron chi connectivity index (χ0n) is 15.2. The highest BCUT2D eigenvalue weighted by molar-refractivity contribution is 7.16. The molecule has 0 spiro atoms.